The monoisotopic (exact) mass is 288 g/mol. The van der Waals surface area contributed by atoms with Crippen LogP contribution in [0, 0.1) is 5.92 Å². The molecule has 0 aromatic heterocycles. The highest BCUT2D eigenvalue weighted by molar-refractivity contribution is 5.97. The van der Waals surface area contributed by atoms with E-state index < -0.39 is 0 Å². The number of oxime groups is 1. The zero-order chi connectivity index (χ0) is 14.7. The molecule has 0 amide bonds. The van der Waals surface area contributed by atoms with Crippen molar-refractivity contribution in [2.45, 2.75) is 31.8 Å². The van der Waals surface area contributed by atoms with Gasteiger partial charge in [-0.3, -0.25) is 0 Å². The summed E-state index contributed by atoms with van der Waals surface area (Å²) in [6.45, 7) is 4.42. The molecule has 1 aliphatic carbocycles. The Morgan fingerprint density at radius 2 is 2.24 bits per heavy atom. The zero-order valence-corrected chi connectivity index (χ0v) is 12.3. The highest BCUT2D eigenvalue weighted by Gasteiger charge is 2.33. The highest BCUT2D eigenvalue weighted by atomic mass is 16.4. The van der Waals surface area contributed by atoms with E-state index in [-0.39, 0.29) is 5.84 Å². The molecule has 0 radical (unpaired) electrons. The summed E-state index contributed by atoms with van der Waals surface area (Å²) in [5.41, 5.74) is 7.54. The van der Waals surface area contributed by atoms with Crippen molar-refractivity contribution >= 4 is 5.84 Å². The van der Waals surface area contributed by atoms with Crippen LogP contribution in [0.25, 0.3) is 0 Å². The Morgan fingerprint density at radius 1 is 1.38 bits per heavy atom. The van der Waals surface area contributed by atoms with Crippen molar-refractivity contribution in [1.82, 2.24) is 10.2 Å². The van der Waals surface area contributed by atoms with Crippen LogP contribution in [0.2, 0.25) is 0 Å². The maximum absolute atomic E-state index is 8.72. The number of benzene rings is 1. The van der Waals surface area contributed by atoms with Gasteiger partial charge in [0, 0.05) is 24.7 Å². The van der Waals surface area contributed by atoms with Crippen molar-refractivity contribution in [3.05, 3.63) is 35.4 Å². The molecule has 2 aliphatic rings. The van der Waals surface area contributed by atoms with Crippen LogP contribution in [-0.2, 0) is 6.54 Å². The summed E-state index contributed by atoms with van der Waals surface area (Å²) in [6, 6.07) is 8.71. The van der Waals surface area contributed by atoms with Crippen molar-refractivity contribution in [2.24, 2.45) is 16.8 Å². The van der Waals surface area contributed by atoms with Gasteiger partial charge in [-0.05, 0) is 49.9 Å². The summed E-state index contributed by atoms with van der Waals surface area (Å²) in [6.07, 6.45) is 4.12. The molecule has 1 saturated carbocycles. The van der Waals surface area contributed by atoms with Crippen LogP contribution in [0.5, 0.6) is 0 Å². The summed E-state index contributed by atoms with van der Waals surface area (Å²) in [5.74, 6) is 0.936. The Hall–Kier alpha value is -1.59. The Labute approximate surface area is 125 Å². The number of rotatable bonds is 6. The number of nitrogens with two attached hydrogens (primary N) is 1. The van der Waals surface area contributed by atoms with Crippen molar-refractivity contribution in [3.63, 3.8) is 0 Å². The maximum atomic E-state index is 8.72. The van der Waals surface area contributed by atoms with E-state index in [9.17, 15) is 0 Å². The van der Waals surface area contributed by atoms with Gasteiger partial charge in [0.25, 0.3) is 0 Å². The average Bonchev–Trinajstić information content (AvgIpc) is 3.26. The van der Waals surface area contributed by atoms with Gasteiger partial charge in [0.15, 0.2) is 5.84 Å². The summed E-state index contributed by atoms with van der Waals surface area (Å²) < 4.78 is 0. The molecule has 1 aliphatic heterocycles. The fourth-order valence-electron chi connectivity index (χ4n) is 3.12. The molecule has 1 saturated heterocycles. The number of hydrogen-bond acceptors (Lipinski definition) is 4. The fraction of sp³-hybridized carbons (Fsp3) is 0.562. The lowest BCUT2D eigenvalue weighted by molar-refractivity contribution is 0.312. The second kappa shape index (κ2) is 6.45. The fourth-order valence-corrected chi connectivity index (χ4v) is 3.12. The topological polar surface area (TPSA) is 73.9 Å². The van der Waals surface area contributed by atoms with E-state index in [0.717, 1.165) is 36.2 Å². The van der Waals surface area contributed by atoms with Crippen molar-refractivity contribution < 1.29 is 5.21 Å². The van der Waals surface area contributed by atoms with Crippen LogP contribution in [-0.4, -0.2) is 41.6 Å². The van der Waals surface area contributed by atoms with Crippen LogP contribution in [0.1, 0.15) is 30.4 Å². The molecule has 1 atom stereocenters. The van der Waals surface area contributed by atoms with E-state index in [4.69, 9.17) is 10.9 Å². The molecule has 4 N–H and O–H groups in total. The molecule has 1 aromatic carbocycles. The standard InChI is InChI=1S/C16H24N4O/c17-16(19-21)14-3-1-2-12(8-14)9-18-10-13-6-7-20(11-13)15-4-5-15/h1-3,8,13,15,18,21H,4-7,9-11H2,(H2,17,19). The van der Waals surface area contributed by atoms with Gasteiger partial charge >= 0.3 is 0 Å². The molecule has 21 heavy (non-hydrogen) atoms. The molecular weight excluding hydrogens is 264 g/mol. The van der Waals surface area contributed by atoms with Gasteiger partial charge in [0.2, 0.25) is 0 Å². The van der Waals surface area contributed by atoms with Gasteiger partial charge in [0.1, 0.15) is 0 Å². The smallest absolute Gasteiger partial charge is 0.170 e. The minimum absolute atomic E-state index is 0.160. The Bertz CT molecular complexity index is 513. The number of nitrogens with one attached hydrogen (secondary N) is 1. The minimum Gasteiger partial charge on any atom is -0.409 e. The molecule has 1 heterocycles. The quantitative estimate of drug-likeness (QED) is 0.320. The van der Waals surface area contributed by atoms with Crippen LogP contribution in [0.15, 0.2) is 29.4 Å². The third kappa shape index (κ3) is 3.74. The normalized spacial score (nSPS) is 23.6. The molecule has 3 rings (SSSR count). The van der Waals surface area contributed by atoms with E-state index >= 15 is 0 Å². The minimum atomic E-state index is 0.160. The molecule has 114 valence electrons. The first kappa shape index (κ1) is 14.4. The van der Waals surface area contributed by atoms with Gasteiger partial charge in [0.05, 0.1) is 0 Å². The summed E-state index contributed by atoms with van der Waals surface area (Å²) in [4.78, 5) is 2.64. The van der Waals surface area contributed by atoms with Crippen LogP contribution >= 0.6 is 0 Å². The molecular formula is C16H24N4O. The molecule has 1 aromatic rings. The molecule has 5 heteroatoms. The highest BCUT2D eigenvalue weighted by Crippen LogP contribution is 2.31. The second-order valence-electron chi connectivity index (χ2n) is 6.20. The van der Waals surface area contributed by atoms with Crippen molar-refractivity contribution in [3.8, 4) is 0 Å². The number of hydrogen-bond donors (Lipinski definition) is 3. The van der Waals surface area contributed by atoms with Crippen LogP contribution < -0.4 is 11.1 Å². The van der Waals surface area contributed by atoms with Crippen LogP contribution in [0.3, 0.4) is 0 Å². The van der Waals surface area contributed by atoms with E-state index in [2.05, 4.69) is 21.4 Å². The first-order chi connectivity index (χ1) is 10.3. The molecule has 0 spiro atoms. The predicted octanol–water partition coefficient (Wildman–Crippen LogP) is 1.35. The second-order valence-corrected chi connectivity index (χ2v) is 6.20. The first-order valence-electron chi connectivity index (χ1n) is 7.78. The number of nitrogens with zero attached hydrogens (tertiary/aromatic N) is 2. The van der Waals surface area contributed by atoms with Crippen molar-refractivity contribution in [2.75, 3.05) is 19.6 Å². The van der Waals surface area contributed by atoms with Crippen molar-refractivity contribution in [1.29, 1.82) is 0 Å². The average molecular weight is 288 g/mol. The lowest BCUT2D eigenvalue weighted by Crippen LogP contribution is -2.27. The first-order valence-corrected chi connectivity index (χ1v) is 7.78. The molecule has 0 bridgehead atoms. The molecule has 5 nitrogen and oxygen atoms in total. The lowest BCUT2D eigenvalue weighted by Gasteiger charge is -2.15. The lowest BCUT2D eigenvalue weighted by atomic mass is 10.1. The maximum Gasteiger partial charge on any atom is 0.170 e. The van der Waals surface area contributed by atoms with Gasteiger partial charge < -0.3 is 21.2 Å². The van der Waals surface area contributed by atoms with Gasteiger partial charge in [-0.2, -0.15) is 0 Å². The summed E-state index contributed by atoms with van der Waals surface area (Å²) >= 11 is 0. The number of amidine groups is 1. The Balaban J connectivity index is 1.45. The van der Waals surface area contributed by atoms with E-state index in [1.165, 1.54) is 32.4 Å². The Kier molecular flexibility index (Phi) is 4.41. The molecule has 1 unspecified atom stereocenters. The van der Waals surface area contributed by atoms with Gasteiger partial charge in [-0.1, -0.05) is 23.4 Å². The third-order valence-corrected chi connectivity index (χ3v) is 4.47. The molecule has 2 fully saturated rings. The largest absolute Gasteiger partial charge is 0.409 e. The van der Waals surface area contributed by atoms with Gasteiger partial charge in [-0.15, -0.1) is 0 Å². The predicted molar refractivity (Wildman–Crippen MR) is 83.4 cm³/mol. The third-order valence-electron chi connectivity index (χ3n) is 4.47. The van der Waals surface area contributed by atoms with Gasteiger partial charge in [-0.25, -0.2) is 0 Å². The van der Waals surface area contributed by atoms with E-state index in [1.807, 2.05) is 18.2 Å². The zero-order valence-electron chi connectivity index (χ0n) is 12.3. The summed E-state index contributed by atoms with van der Waals surface area (Å²) in [7, 11) is 0. The van der Waals surface area contributed by atoms with E-state index in [1.54, 1.807) is 0 Å². The van der Waals surface area contributed by atoms with Crippen LogP contribution in [0.4, 0.5) is 0 Å². The van der Waals surface area contributed by atoms with E-state index in [0.29, 0.717) is 0 Å². The summed E-state index contributed by atoms with van der Waals surface area (Å²) in [5, 5.41) is 15.3. The Morgan fingerprint density at radius 3 is 3.00 bits per heavy atom. The SMILES string of the molecule is NC(=NO)c1cccc(CNCC2CCN(C3CC3)C2)c1. The number of likely N-dealkylation sites (tertiary alicyclic amines) is 1.